The molecule has 0 spiro atoms. The van der Waals surface area contributed by atoms with E-state index in [9.17, 15) is 14.7 Å². The number of carboxylic acids is 1. The van der Waals surface area contributed by atoms with Crippen molar-refractivity contribution in [1.82, 2.24) is 0 Å². The zero-order valence-corrected chi connectivity index (χ0v) is 14.8. The van der Waals surface area contributed by atoms with Crippen LogP contribution in [-0.2, 0) is 9.59 Å². The van der Waals surface area contributed by atoms with Gasteiger partial charge in [-0.3, -0.25) is 9.59 Å². The Morgan fingerprint density at radius 3 is 2.67 bits per heavy atom. The number of aliphatic carboxylic acids is 1. The highest BCUT2D eigenvalue weighted by Gasteiger charge is 2.27. The van der Waals surface area contributed by atoms with Crippen LogP contribution in [0.1, 0.15) is 71.1 Å². The van der Waals surface area contributed by atoms with Crippen molar-refractivity contribution in [3.63, 3.8) is 0 Å². The molecule has 0 aliphatic heterocycles. The van der Waals surface area contributed by atoms with E-state index in [1.807, 2.05) is 18.2 Å². The third-order valence-corrected chi connectivity index (χ3v) is 4.63. The first-order chi connectivity index (χ1) is 11.5. The molecule has 1 aliphatic rings. The molecule has 0 aromatic carbocycles. The molecule has 4 heteroatoms. The van der Waals surface area contributed by atoms with Crippen molar-refractivity contribution >= 4 is 11.8 Å². The molecule has 0 unspecified atom stereocenters. The molecule has 0 radical (unpaired) electrons. The van der Waals surface area contributed by atoms with Gasteiger partial charge in [-0.2, -0.15) is 0 Å². The maximum Gasteiger partial charge on any atom is 0.303 e. The Hall–Kier alpha value is -1.42. The van der Waals surface area contributed by atoms with Gasteiger partial charge in [-0.25, -0.2) is 0 Å². The molecular formula is C20H32O4. The van der Waals surface area contributed by atoms with Gasteiger partial charge in [-0.15, -0.1) is 0 Å². The lowest BCUT2D eigenvalue weighted by Gasteiger charge is -2.15. The number of hydrogen-bond donors (Lipinski definition) is 2. The second kappa shape index (κ2) is 12.0. The summed E-state index contributed by atoms with van der Waals surface area (Å²) >= 11 is 0. The van der Waals surface area contributed by atoms with Crippen LogP contribution in [0.3, 0.4) is 0 Å². The largest absolute Gasteiger partial charge is 0.481 e. The number of carbonyl (C=O) groups is 2. The molecule has 0 amide bonds. The van der Waals surface area contributed by atoms with Crippen LogP contribution in [0.2, 0.25) is 0 Å². The maximum absolute atomic E-state index is 11.9. The standard InChI is InChI=1S/C20H32O4/c1-2-3-6-10-18-16(13-15-19(18)22)12-14-17(21)9-7-4-5-8-11-20(23)24/h12-18,21H,2-11H2,1H3,(H,23,24)/b14-12+/t16-,17-,18-/m0/s1. The average molecular weight is 336 g/mol. The SMILES string of the molecule is CCCCC[C@@H]1C(=O)C=C[C@@H]1/C=C/[C@@H](O)CCCCCCC(=O)O. The highest BCUT2D eigenvalue weighted by Crippen LogP contribution is 2.28. The first kappa shape index (κ1) is 20.6. The zero-order valence-electron chi connectivity index (χ0n) is 14.8. The van der Waals surface area contributed by atoms with Crippen molar-refractivity contribution in [2.24, 2.45) is 11.8 Å². The van der Waals surface area contributed by atoms with E-state index in [4.69, 9.17) is 5.11 Å². The summed E-state index contributed by atoms with van der Waals surface area (Å²) in [5.74, 6) is -0.352. The topological polar surface area (TPSA) is 74.6 Å². The molecule has 3 atom stereocenters. The Morgan fingerprint density at radius 1 is 1.21 bits per heavy atom. The summed E-state index contributed by atoms with van der Waals surface area (Å²) < 4.78 is 0. The van der Waals surface area contributed by atoms with Crippen LogP contribution in [0.25, 0.3) is 0 Å². The number of allylic oxidation sites excluding steroid dienone is 3. The van der Waals surface area contributed by atoms with Crippen LogP contribution in [-0.4, -0.2) is 28.1 Å². The molecule has 0 saturated heterocycles. The normalized spacial score (nSPS) is 21.7. The molecule has 136 valence electrons. The van der Waals surface area contributed by atoms with Gasteiger partial charge in [0.15, 0.2) is 5.78 Å². The van der Waals surface area contributed by atoms with Crippen molar-refractivity contribution in [2.45, 2.75) is 77.2 Å². The second-order valence-corrected chi connectivity index (χ2v) is 6.74. The minimum Gasteiger partial charge on any atom is -0.481 e. The molecule has 0 saturated carbocycles. The number of ketones is 1. The predicted molar refractivity (Wildman–Crippen MR) is 95.8 cm³/mol. The Morgan fingerprint density at radius 2 is 1.96 bits per heavy atom. The van der Waals surface area contributed by atoms with Gasteiger partial charge in [0.05, 0.1) is 6.10 Å². The number of hydrogen-bond acceptors (Lipinski definition) is 3. The molecular weight excluding hydrogens is 304 g/mol. The lowest BCUT2D eigenvalue weighted by atomic mass is 9.89. The van der Waals surface area contributed by atoms with Crippen molar-refractivity contribution < 1.29 is 19.8 Å². The van der Waals surface area contributed by atoms with E-state index in [1.165, 1.54) is 0 Å². The fourth-order valence-electron chi connectivity index (χ4n) is 3.14. The van der Waals surface area contributed by atoms with Crippen LogP contribution >= 0.6 is 0 Å². The second-order valence-electron chi connectivity index (χ2n) is 6.74. The average Bonchev–Trinajstić information content (AvgIpc) is 2.89. The van der Waals surface area contributed by atoms with Gasteiger partial charge in [-0.05, 0) is 25.3 Å². The number of aliphatic hydroxyl groups is 1. The quantitative estimate of drug-likeness (QED) is 0.389. The molecule has 0 aromatic heterocycles. The maximum atomic E-state index is 11.9. The smallest absolute Gasteiger partial charge is 0.303 e. The fraction of sp³-hybridized carbons (Fsp3) is 0.700. The first-order valence-corrected chi connectivity index (χ1v) is 9.34. The van der Waals surface area contributed by atoms with Gasteiger partial charge >= 0.3 is 5.97 Å². The minimum atomic E-state index is -0.745. The highest BCUT2D eigenvalue weighted by atomic mass is 16.4. The van der Waals surface area contributed by atoms with Crippen LogP contribution in [0.4, 0.5) is 0 Å². The van der Waals surface area contributed by atoms with Crippen molar-refractivity contribution in [3.8, 4) is 0 Å². The Balaban J connectivity index is 2.24. The number of carbonyl (C=O) groups excluding carboxylic acids is 1. The Kier molecular flexibility index (Phi) is 10.3. The summed E-state index contributed by atoms with van der Waals surface area (Å²) in [4.78, 5) is 22.3. The van der Waals surface area contributed by atoms with Crippen LogP contribution in [0, 0.1) is 11.8 Å². The van der Waals surface area contributed by atoms with Gasteiger partial charge in [0.25, 0.3) is 0 Å². The number of aliphatic hydroxyl groups excluding tert-OH is 1. The molecule has 0 bridgehead atoms. The van der Waals surface area contributed by atoms with E-state index in [0.29, 0.717) is 12.8 Å². The highest BCUT2D eigenvalue weighted by molar-refractivity contribution is 5.94. The molecule has 2 N–H and O–H groups in total. The van der Waals surface area contributed by atoms with Crippen LogP contribution in [0.5, 0.6) is 0 Å². The van der Waals surface area contributed by atoms with E-state index in [1.54, 1.807) is 6.08 Å². The van der Waals surface area contributed by atoms with Gasteiger partial charge in [0.2, 0.25) is 0 Å². The first-order valence-electron chi connectivity index (χ1n) is 9.34. The van der Waals surface area contributed by atoms with E-state index in [0.717, 1.165) is 44.9 Å². The van der Waals surface area contributed by atoms with Crippen molar-refractivity contribution in [1.29, 1.82) is 0 Å². The summed E-state index contributed by atoms with van der Waals surface area (Å²) in [5.41, 5.74) is 0. The molecule has 1 aliphatic carbocycles. The number of rotatable bonds is 13. The fourth-order valence-corrected chi connectivity index (χ4v) is 3.14. The Labute approximate surface area is 145 Å². The van der Waals surface area contributed by atoms with E-state index in [2.05, 4.69) is 6.92 Å². The number of carboxylic acid groups (broad SMARTS) is 1. The van der Waals surface area contributed by atoms with Crippen LogP contribution < -0.4 is 0 Å². The monoisotopic (exact) mass is 336 g/mol. The lowest BCUT2D eigenvalue weighted by Crippen LogP contribution is -2.15. The summed E-state index contributed by atoms with van der Waals surface area (Å²) in [7, 11) is 0. The van der Waals surface area contributed by atoms with Gasteiger partial charge in [-0.1, -0.05) is 63.7 Å². The molecule has 1 rings (SSSR count). The Bertz CT molecular complexity index is 439. The van der Waals surface area contributed by atoms with E-state index in [-0.39, 0.29) is 24.0 Å². The van der Waals surface area contributed by atoms with Gasteiger partial charge in [0, 0.05) is 18.3 Å². The third kappa shape index (κ3) is 8.44. The van der Waals surface area contributed by atoms with E-state index < -0.39 is 12.1 Å². The molecule has 0 aromatic rings. The molecule has 0 heterocycles. The summed E-state index contributed by atoms with van der Waals surface area (Å²) in [6.07, 6.45) is 15.6. The molecule has 0 fully saturated rings. The minimum absolute atomic E-state index is 0.0519. The van der Waals surface area contributed by atoms with Crippen molar-refractivity contribution in [2.75, 3.05) is 0 Å². The molecule has 24 heavy (non-hydrogen) atoms. The third-order valence-electron chi connectivity index (χ3n) is 4.63. The van der Waals surface area contributed by atoms with Crippen molar-refractivity contribution in [3.05, 3.63) is 24.3 Å². The molecule has 4 nitrogen and oxygen atoms in total. The summed E-state index contributed by atoms with van der Waals surface area (Å²) in [6, 6.07) is 0. The summed E-state index contributed by atoms with van der Waals surface area (Å²) in [5, 5.41) is 18.6. The lowest BCUT2D eigenvalue weighted by molar-refractivity contribution is -0.137. The van der Waals surface area contributed by atoms with Gasteiger partial charge in [0.1, 0.15) is 0 Å². The van der Waals surface area contributed by atoms with Gasteiger partial charge < -0.3 is 10.2 Å². The zero-order chi connectivity index (χ0) is 17.8. The number of unbranched alkanes of at least 4 members (excludes halogenated alkanes) is 5. The van der Waals surface area contributed by atoms with E-state index >= 15 is 0 Å². The van der Waals surface area contributed by atoms with Crippen LogP contribution in [0.15, 0.2) is 24.3 Å². The summed E-state index contributed by atoms with van der Waals surface area (Å²) in [6.45, 7) is 2.16. The predicted octanol–water partition coefficient (Wildman–Crippen LogP) is 4.28.